The summed E-state index contributed by atoms with van der Waals surface area (Å²) in [5.74, 6) is 0.843. The predicted molar refractivity (Wildman–Crippen MR) is 94.6 cm³/mol. The van der Waals surface area contributed by atoms with Crippen molar-refractivity contribution in [2.45, 2.75) is 44.6 Å². The zero-order chi connectivity index (χ0) is 17.5. The van der Waals surface area contributed by atoms with Gasteiger partial charge in [0.25, 0.3) is 0 Å². The number of amides is 2. The number of nitrogens with zero attached hydrogens (tertiary/aromatic N) is 1. The number of hydrogen-bond donors (Lipinski definition) is 1. The highest BCUT2D eigenvalue weighted by Gasteiger charge is 2.20. The minimum atomic E-state index is -0.0797. The second kappa shape index (κ2) is 8.85. The van der Waals surface area contributed by atoms with E-state index >= 15 is 0 Å². The maximum absolute atomic E-state index is 12.0. The predicted octanol–water partition coefficient (Wildman–Crippen LogP) is 2.59. The van der Waals surface area contributed by atoms with Crippen molar-refractivity contribution in [1.82, 2.24) is 4.90 Å². The minimum Gasteiger partial charge on any atom is -0.491 e. The summed E-state index contributed by atoms with van der Waals surface area (Å²) in [7, 11) is 0. The highest BCUT2D eigenvalue weighted by molar-refractivity contribution is 5.91. The first kappa shape index (κ1) is 17.7. The van der Waals surface area contributed by atoms with Crippen LogP contribution in [0.25, 0.3) is 0 Å². The maximum Gasteiger partial charge on any atom is 0.226 e. The molecule has 2 heterocycles. The summed E-state index contributed by atoms with van der Waals surface area (Å²) in [6.45, 7) is 2.65. The molecule has 136 valence electrons. The van der Waals surface area contributed by atoms with Crippen molar-refractivity contribution < 1.29 is 19.1 Å². The summed E-state index contributed by atoms with van der Waals surface area (Å²) in [6.07, 6.45) is 5.39. The van der Waals surface area contributed by atoms with E-state index in [9.17, 15) is 9.59 Å². The molecule has 0 spiro atoms. The maximum atomic E-state index is 12.0. The van der Waals surface area contributed by atoms with Gasteiger partial charge in [0.2, 0.25) is 11.8 Å². The van der Waals surface area contributed by atoms with E-state index in [0.717, 1.165) is 43.9 Å². The van der Waals surface area contributed by atoms with Crippen molar-refractivity contribution in [2.75, 3.05) is 31.6 Å². The number of likely N-dealkylation sites (tertiary alicyclic amines) is 1. The number of rotatable bonds is 7. The van der Waals surface area contributed by atoms with Crippen LogP contribution in [-0.4, -0.2) is 49.1 Å². The van der Waals surface area contributed by atoms with Crippen LogP contribution < -0.4 is 10.1 Å². The first-order chi connectivity index (χ1) is 12.2. The molecule has 1 aromatic carbocycles. The van der Waals surface area contributed by atoms with Crippen LogP contribution in [0.3, 0.4) is 0 Å². The zero-order valence-corrected chi connectivity index (χ0v) is 14.5. The molecule has 1 N–H and O–H groups in total. The molecule has 1 aromatic rings. The highest BCUT2D eigenvalue weighted by atomic mass is 16.5. The van der Waals surface area contributed by atoms with Crippen LogP contribution in [0.15, 0.2) is 24.3 Å². The molecule has 2 fully saturated rings. The molecular formula is C19H26N2O4. The van der Waals surface area contributed by atoms with Gasteiger partial charge in [-0.1, -0.05) is 0 Å². The standard InChI is InChI=1S/C19H26N2O4/c22-18(10-12-21-11-3-5-19(21)23)20-15-6-8-16(9-7-15)25-14-17-4-1-2-13-24-17/h6-9,17H,1-5,10-14H2,(H,20,22). The van der Waals surface area contributed by atoms with Crippen molar-refractivity contribution >= 4 is 17.5 Å². The summed E-state index contributed by atoms with van der Waals surface area (Å²) < 4.78 is 11.4. The third-order valence-electron chi connectivity index (χ3n) is 4.63. The van der Waals surface area contributed by atoms with Gasteiger partial charge in [-0.05, 0) is 49.9 Å². The number of carbonyl (C=O) groups excluding carboxylic acids is 2. The van der Waals surface area contributed by atoms with E-state index in [1.807, 2.05) is 24.3 Å². The van der Waals surface area contributed by atoms with Gasteiger partial charge in [-0.15, -0.1) is 0 Å². The van der Waals surface area contributed by atoms with E-state index in [4.69, 9.17) is 9.47 Å². The van der Waals surface area contributed by atoms with Crippen LogP contribution >= 0.6 is 0 Å². The van der Waals surface area contributed by atoms with Gasteiger partial charge < -0.3 is 19.7 Å². The molecule has 0 aromatic heterocycles. The van der Waals surface area contributed by atoms with Crippen LogP contribution in [0.4, 0.5) is 5.69 Å². The molecule has 1 atom stereocenters. The molecule has 6 heteroatoms. The number of benzene rings is 1. The van der Waals surface area contributed by atoms with Gasteiger partial charge >= 0.3 is 0 Å². The van der Waals surface area contributed by atoms with Crippen molar-refractivity contribution in [3.05, 3.63) is 24.3 Å². The van der Waals surface area contributed by atoms with Crippen LogP contribution in [0, 0.1) is 0 Å². The number of hydrogen-bond acceptors (Lipinski definition) is 4. The Morgan fingerprint density at radius 3 is 2.76 bits per heavy atom. The topological polar surface area (TPSA) is 67.9 Å². The first-order valence-electron chi connectivity index (χ1n) is 9.13. The number of nitrogens with one attached hydrogen (secondary N) is 1. The summed E-state index contributed by atoms with van der Waals surface area (Å²) in [4.78, 5) is 25.3. The Kier molecular flexibility index (Phi) is 6.28. The Bertz CT molecular complexity index is 582. The Morgan fingerprint density at radius 1 is 1.24 bits per heavy atom. The van der Waals surface area contributed by atoms with E-state index in [2.05, 4.69) is 5.32 Å². The van der Waals surface area contributed by atoms with E-state index in [0.29, 0.717) is 26.0 Å². The third kappa shape index (κ3) is 5.46. The fraction of sp³-hybridized carbons (Fsp3) is 0.579. The summed E-state index contributed by atoms with van der Waals surface area (Å²) in [5, 5.41) is 2.86. The molecule has 0 radical (unpaired) electrons. The van der Waals surface area contributed by atoms with Crippen LogP contribution in [0.2, 0.25) is 0 Å². The molecule has 3 rings (SSSR count). The van der Waals surface area contributed by atoms with E-state index in [1.54, 1.807) is 4.90 Å². The Morgan fingerprint density at radius 2 is 2.08 bits per heavy atom. The molecule has 2 amide bonds. The van der Waals surface area contributed by atoms with Gasteiger partial charge in [-0.2, -0.15) is 0 Å². The Hall–Kier alpha value is -2.08. The normalized spacial score (nSPS) is 20.6. The molecule has 2 aliphatic rings. The van der Waals surface area contributed by atoms with Crippen molar-refractivity contribution in [3.63, 3.8) is 0 Å². The fourth-order valence-corrected chi connectivity index (χ4v) is 3.16. The number of ether oxygens (including phenoxy) is 2. The van der Waals surface area contributed by atoms with Gasteiger partial charge in [-0.3, -0.25) is 9.59 Å². The summed E-state index contributed by atoms with van der Waals surface area (Å²) >= 11 is 0. The van der Waals surface area contributed by atoms with E-state index in [1.165, 1.54) is 6.42 Å². The second-order valence-electron chi connectivity index (χ2n) is 6.61. The monoisotopic (exact) mass is 346 g/mol. The van der Waals surface area contributed by atoms with Gasteiger partial charge in [0, 0.05) is 38.2 Å². The van der Waals surface area contributed by atoms with Gasteiger partial charge in [0.05, 0.1) is 6.10 Å². The lowest BCUT2D eigenvalue weighted by molar-refractivity contribution is -0.128. The third-order valence-corrected chi connectivity index (χ3v) is 4.63. The van der Waals surface area contributed by atoms with Crippen molar-refractivity contribution in [1.29, 1.82) is 0 Å². The molecule has 0 bridgehead atoms. The minimum absolute atomic E-state index is 0.0797. The molecule has 0 saturated carbocycles. The summed E-state index contributed by atoms with van der Waals surface area (Å²) in [5.41, 5.74) is 0.735. The largest absolute Gasteiger partial charge is 0.491 e. The average Bonchev–Trinajstić information content (AvgIpc) is 3.05. The molecule has 1 unspecified atom stereocenters. The highest BCUT2D eigenvalue weighted by Crippen LogP contribution is 2.19. The molecule has 25 heavy (non-hydrogen) atoms. The molecule has 0 aliphatic carbocycles. The Labute approximate surface area is 148 Å². The molecule has 2 saturated heterocycles. The zero-order valence-electron chi connectivity index (χ0n) is 14.5. The average molecular weight is 346 g/mol. The lowest BCUT2D eigenvalue weighted by atomic mass is 10.1. The lowest BCUT2D eigenvalue weighted by Gasteiger charge is -2.22. The molecule has 6 nitrogen and oxygen atoms in total. The smallest absolute Gasteiger partial charge is 0.226 e. The van der Waals surface area contributed by atoms with Gasteiger partial charge in [-0.25, -0.2) is 0 Å². The molecular weight excluding hydrogens is 320 g/mol. The molecule has 2 aliphatic heterocycles. The Balaban J connectivity index is 1.39. The van der Waals surface area contributed by atoms with E-state index in [-0.39, 0.29) is 17.9 Å². The number of anilines is 1. The van der Waals surface area contributed by atoms with Crippen LogP contribution in [-0.2, 0) is 14.3 Å². The summed E-state index contributed by atoms with van der Waals surface area (Å²) in [6, 6.07) is 7.36. The quantitative estimate of drug-likeness (QED) is 0.824. The van der Waals surface area contributed by atoms with Gasteiger partial charge in [0.15, 0.2) is 0 Å². The van der Waals surface area contributed by atoms with Crippen LogP contribution in [0.1, 0.15) is 38.5 Å². The SMILES string of the molecule is O=C(CCN1CCCC1=O)Nc1ccc(OCC2CCCCO2)cc1. The van der Waals surface area contributed by atoms with Crippen molar-refractivity contribution in [3.8, 4) is 5.75 Å². The second-order valence-corrected chi connectivity index (χ2v) is 6.61. The van der Waals surface area contributed by atoms with Crippen molar-refractivity contribution in [2.24, 2.45) is 0 Å². The number of carbonyl (C=O) groups is 2. The van der Waals surface area contributed by atoms with Gasteiger partial charge in [0.1, 0.15) is 12.4 Å². The lowest BCUT2D eigenvalue weighted by Crippen LogP contribution is -2.28. The van der Waals surface area contributed by atoms with Crippen LogP contribution in [0.5, 0.6) is 5.75 Å². The van der Waals surface area contributed by atoms with E-state index < -0.39 is 0 Å². The first-order valence-corrected chi connectivity index (χ1v) is 9.13. The fourth-order valence-electron chi connectivity index (χ4n) is 3.16.